The number of carbonyl (C=O) groups excluding carboxylic acids is 1. The van der Waals surface area contributed by atoms with Crippen molar-refractivity contribution in [2.75, 3.05) is 19.0 Å². The van der Waals surface area contributed by atoms with Crippen LogP contribution in [0.2, 0.25) is 0 Å². The first-order valence-corrected chi connectivity index (χ1v) is 8.82. The van der Waals surface area contributed by atoms with Crippen LogP contribution in [0.1, 0.15) is 21.7 Å². The highest BCUT2D eigenvalue weighted by Gasteiger charge is 2.25. The third-order valence-electron chi connectivity index (χ3n) is 4.54. The number of rotatable bonds is 5. The minimum absolute atomic E-state index is 0.222. The van der Waals surface area contributed by atoms with Crippen LogP contribution in [0.3, 0.4) is 0 Å². The molecule has 0 radical (unpaired) electrons. The average Bonchev–Trinajstić information content (AvgIpc) is 3.14. The van der Waals surface area contributed by atoms with Gasteiger partial charge in [-0.2, -0.15) is 5.10 Å². The van der Waals surface area contributed by atoms with Crippen LogP contribution in [0.15, 0.2) is 42.9 Å². The van der Waals surface area contributed by atoms with Crippen LogP contribution in [0.4, 0.5) is 10.2 Å². The fourth-order valence-corrected chi connectivity index (χ4v) is 3.17. The van der Waals surface area contributed by atoms with Crippen molar-refractivity contribution in [1.29, 1.82) is 0 Å². The summed E-state index contributed by atoms with van der Waals surface area (Å²) in [5, 5.41) is 7.73. The van der Waals surface area contributed by atoms with E-state index in [0.29, 0.717) is 37.7 Å². The highest BCUT2D eigenvalue weighted by Crippen LogP contribution is 2.23. The number of nitrogens with one attached hydrogen (secondary N) is 1. The maximum Gasteiger partial charge on any atom is 0.258 e. The molecule has 1 amide bonds. The summed E-state index contributed by atoms with van der Waals surface area (Å²) in [5.41, 5.74) is 1.99. The van der Waals surface area contributed by atoms with Gasteiger partial charge in [0.05, 0.1) is 49.9 Å². The molecule has 28 heavy (non-hydrogen) atoms. The zero-order valence-corrected chi connectivity index (χ0v) is 15.3. The van der Waals surface area contributed by atoms with Crippen LogP contribution in [0.25, 0.3) is 0 Å². The van der Waals surface area contributed by atoms with Crippen LogP contribution in [0, 0.1) is 5.82 Å². The van der Waals surface area contributed by atoms with Crippen molar-refractivity contribution in [2.24, 2.45) is 0 Å². The van der Waals surface area contributed by atoms with Crippen LogP contribution in [-0.2, 0) is 19.6 Å². The van der Waals surface area contributed by atoms with E-state index in [1.807, 2.05) is 10.7 Å². The minimum atomic E-state index is -0.469. The van der Waals surface area contributed by atoms with Crippen LogP contribution in [0.5, 0.6) is 5.75 Å². The number of hydrogen-bond acceptors (Lipinski definition) is 6. The van der Waals surface area contributed by atoms with Gasteiger partial charge < -0.3 is 15.0 Å². The Bertz CT molecular complexity index is 991. The first kappa shape index (κ1) is 17.9. The van der Waals surface area contributed by atoms with Gasteiger partial charge in [0.1, 0.15) is 17.4 Å². The number of amides is 1. The molecule has 2 aromatic heterocycles. The standard InChI is InChI=1S/C19H19FN6O2/c1-28-17-3-2-13(20)8-16(17)19(27)25-6-7-26-15(12-25)9-14(24-26)10-23-18-11-21-4-5-22-18/h2-5,8-9,11H,6-7,10,12H2,1H3,(H,22,23). The molecule has 3 aromatic rings. The number of anilines is 1. The number of benzene rings is 1. The molecule has 0 atom stereocenters. The van der Waals surface area contributed by atoms with Crippen LogP contribution < -0.4 is 10.1 Å². The molecule has 3 heterocycles. The summed E-state index contributed by atoms with van der Waals surface area (Å²) >= 11 is 0. The Labute approximate surface area is 161 Å². The van der Waals surface area contributed by atoms with E-state index in [9.17, 15) is 9.18 Å². The number of hydrogen-bond donors (Lipinski definition) is 1. The second kappa shape index (κ2) is 7.63. The Kier molecular flexibility index (Phi) is 4.88. The van der Waals surface area contributed by atoms with Gasteiger partial charge in [0.2, 0.25) is 0 Å². The molecule has 4 rings (SSSR count). The number of ether oxygens (including phenoxy) is 1. The Morgan fingerprint density at radius 2 is 2.18 bits per heavy atom. The largest absolute Gasteiger partial charge is 0.496 e. The zero-order valence-electron chi connectivity index (χ0n) is 15.3. The zero-order chi connectivity index (χ0) is 19.5. The maximum absolute atomic E-state index is 13.6. The van der Waals surface area contributed by atoms with Crippen LogP contribution in [-0.4, -0.2) is 44.2 Å². The van der Waals surface area contributed by atoms with Crippen molar-refractivity contribution in [3.63, 3.8) is 0 Å². The van der Waals surface area contributed by atoms with Gasteiger partial charge in [0.25, 0.3) is 5.91 Å². The lowest BCUT2D eigenvalue weighted by Gasteiger charge is -2.28. The molecule has 1 aliphatic heterocycles. The highest BCUT2D eigenvalue weighted by atomic mass is 19.1. The van der Waals surface area contributed by atoms with Gasteiger partial charge in [-0.3, -0.25) is 14.5 Å². The van der Waals surface area contributed by atoms with Crippen molar-refractivity contribution in [3.8, 4) is 5.75 Å². The minimum Gasteiger partial charge on any atom is -0.496 e. The van der Waals surface area contributed by atoms with E-state index in [0.717, 1.165) is 11.4 Å². The summed E-state index contributed by atoms with van der Waals surface area (Å²) < 4.78 is 20.7. The number of methoxy groups -OCH3 is 1. The van der Waals surface area contributed by atoms with Crippen molar-refractivity contribution in [3.05, 3.63) is 65.6 Å². The van der Waals surface area contributed by atoms with Crippen molar-refractivity contribution in [1.82, 2.24) is 24.6 Å². The number of carbonyl (C=O) groups is 1. The third-order valence-corrected chi connectivity index (χ3v) is 4.54. The maximum atomic E-state index is 13.6. The molecule has 0 fully saturated rings. The molecule has 9 heteroatoms. The van der Waals surface area contributed by atoms with Gasteiger partial charge in [-0.25, -0.2) is 9.37 Å². The summed E-state index contributed by atoms with van der Waals surface area (Å²) in [6.07, 6.45) is 4.87. The normalized spacial score (nSPS) is 13.1. The molecule has 1 aliphatic rings. The summed E-state index contributed by atoms with van der Waals surface area (Å²) in [6.45, 7) is 1.97. The molecule has 0 unspecified atom stereocenters. The second-order valence-corrected chi connectivity index (χ2v) is 6.37. The topological polar surface area (TPSA) is 85.2 Å². The summed E-state index contributed by atoms with van der Waals surface area (Å²) in [6, 6.07) is 5.90. The quantitative estimate of drug-likeness (QED) is 0.727. The smallest absolute Gasteiger partial charge is 0.258 e. The van der Waals surface area contributed by atoms with Gasteiger partial charge in [0.15, 0.2) is 0 Å². The molecule has 0 bridgehead atoms. The van der Waals surface area contributed by atoms with Gasteiger partial charge >= 0.3 is 0 Å². The average molecular weight is 382 g/mol. The fraction of sp³-hybridized carbons (Fsp3) is 0.263. The third kappa shape index (κ3) is 3.64. The molecule has 0 aliphatic carbocycles. The lowest BCUT2D eigenvalue weighted by molar-refractivity contribution is 0.0702. The predicted molar refractivity (Wildman–Crippen MR) is 99.3 cm³/mol. The molecule has 1 aromatic carbocycles. The first-order chi connectivity index (χ1) is 13.6. The lowest BCUT2D eigenvalue weighted by atomic mass is 10.1. The predicted octanol–water partition coefficient (Wildman–Crippen LogP) is 2.09. The monoisotopic (exact) mass is 382 g/mol. The lowest BCUT2D eigenvalue weighted by Crippen LogP contribution is -2.38. The summed E-state index contributed by atoms with van der Waals surface area (Å²) in [4.78, 5) is 22.7. The Morgan fingerprint density at radius 1 is 1.29 bits per heavy atom. The summed E-state index contributed by atoms with van der Waals surface area (Å²) in [7, 11) is 1.46. The van der Waals surface area contributed by atoms with E-state index in [1.54, 1.807) is 23.5 Å². The molecular weight excluding hydrogens is 363 g/mol. The molecule has 0 saturated heterocycles. The molecule has 8 nitrogen and oxygen atoms in total. The fourth-order valence-electron chi connectivity index (χ4n) is 3.17. The van der Waals surface area contributed by atoms with E-state index in [1.165, 1.54) is 25.3 Å². The van der Waals surface area contributed by atoms with Crippen molar-refractivity contribution < 1.29 is 13.9 Å². The van der Waals surface area contributed by atoms with E-state index in [4.69, 9.17) is 4.74 Å². The van der Waals surface area contributed by atoms with Gasteiger partial charge in [-0.15, -0.1) is 0 Å². The van der Waals surface area contributed by atoms with E-state index in [-0.39, 0.29) is 11.5 Å². The molecule has 0 spiro atoms. The molecule has 144 valence electrons. The number of aromatic nitrogens is 4. The van der Waals surface area contributed by atoms with Gasteiger partial charge in [-0.05, 0) is 24.3 Å². The summed E-state index contributed by atoms with van der Waals surface area (Å²) in [5.74, 6) is 0.300. The Balaban J connectivity index is 1.47. The first-order valence-electron chi connectivity index (χ1n) is 8.82. The second-order valence-electron chi connectivity index (χ2n) is 6.37. The van der Waals surface area contributed by atoms with E-state index < -0.39 is 5.82 Å². The molecule has 1 N–H and O–H groups in total. The SMILES string of the molecule is COc1ccc(F)cc1C(=O)N1CCn2nc(CNc3cnccn3)cc2C1. The number of halogens is 1. The van der Waals surface area contributed by atoms with E-state index in [2.05, 4.69) is 20.4 Å². The van der Waals surface area contributed by atoms with Crippen molar-refractivity contribution >= 4 is 11.7 Å². The number of fused-ring (bicyclic) bond motifs is 1. The highest BCUT2D eigenvalue weighted by molar-refractivity contribution is 5.97. The van der Waals surface area contributed by atoms with Gasteiger partial charge in [-0.1, -0.05) is 0 Å². The van der Waals surface area contributed by atoms with Crippen LogP contribution >= 0.6 is 0 Å². The Hall–Kier alpha value is -3.49. The van der Waals surface area contributed by atoms with Gasteiger partial charge in [0, 0.05) is 18.9 Å². The van der Waals surface area contributed by atoms with E-state index >= 15 is 0 Å². The van der Waals surface area contributed by atoms with Crippen molar-refractivity contribution in [2.45, 2.75) is 19.6 Å². The Morgan fingerprint density at radius 3 is 2.96 bits per heavy atom. The number of nitrogens with zero attached hydrogens (tertiary/aromatic N) is 5. The molecular formula is C19H19FN6O2. The molecule has 0 saturated carbocycles.